The molecule has 0 bridgehead atoms. The van der Waals surface area contributed by atoms with Gasteiger partial charge >= 0.3 is 5.97 Å². The lowest BCUT2D eigenvalue weighted by atomic mass is 10.0. The molecule has 3 aromatic rings. The van der Waals surface area contributed by atoms with Gasteiger partial charge in [0.05, 0.1) is 24.0 Å². The average Bonchev–Trinajstić information content (AvgIpc) is 3.18. The zero-order valence-electron chi connectivity index (χ0n) is 13.1. The van der Waals surface area contributed by atoms with E-state index in [1.54, 1.807) is 0 Å². The van der Waals surface area contributed by atoms with Crippen LogP contribution in [0.2, 0.25) is 0 Å². The number of aromatic nitrogens is 3. The highest BCUT2D eigenvalue weighted by molar-refractivity contribution is 7.08. The van der Waals surface area contributed by atoms with Crippen molar-refractivity contribution < 1.29 is 9.53 Å². The highest BCUT2D eigenvalue weighted by Crippen LogP contribution is 2.48. The van der Waals surface area contributed by atoms with E-state index in [2.05, 4.69) is 15.5 Å². The maximum atomic E-state index is 12.3. The highest BCUT2D eigenvalue weighted by Gasteiger charge is 2.34. The second kappa shape index (κ2) is 5.45. The number of nitrogens with zero attached hydrogens (tertiary/aromatic N) is 3. The van der Waals surface area contributed by atoms with Crippen molar-refractivity contribution in [3.8, 4) is 11.3 Å². The fraction of sp³-hybridized carbons (Fsp3) is 0.353. The summed E-state index contributed by atoms with van der Waals surface area (Å²) in [5.74, 6) is 0.168. The lowest BCUT2D eigenvalue weighted by Crippen LogP contribution is -2.05. The minimum atomic E-state index is -0.254. The molecule has 0 amide bonds. The van der Waals surface area contributed by atoms with Gasteiger partial charge < -0.3 is 4.74 Å². The fourth-order valence-electron chi connectivity index (χ4n) is 3.01. The van der Waals surface area contributed by atoms with Gasteiger partial charge in [0.1, 0.15) is 4.88 Å². The molecule has 0 unspecified atom stereocenters. The number of aryl methyl sites for hydroxylation is 1. The van der Waals surface area contributed by atoms with Gasteiger partial charge in [0.25, 0.3) is 0 Å². The van der Waals surface area contributed by atoms with E-state index in [1.165, 1.54) is 11.5 Å². The predicted molar refractivity (Wildman–Crippen MR) is 89.8 cm³/mol. The van der Waals surface area contributed by atoms with E-state index in [1.807, 2.05) is 37.0 Å². The molecule has 23 heavy (non-hydrogen) atoms. The lowest BCUT2D eigenvalue weighted by Gasteiger charge is -2.07. The van der Waals surface area contributed by atoms with Crippen LogP contribution in [0.1, 0.15) is 40.9 Å². The molecule has 1 aliphatic carbocycles. The SMILES string of the molecule is CCOC(=O)c1snc(-c2cccc3cnn(C)c23)c1C1CC1. The van der Waals surface area contributed by atoms with Crippen LogP contribution >= 0.6 is 11.5 Å². The van der Waals surface area contributed by atoms with E-state index in [4.69, 9.17) is 4.74 Å². The molecule has 0 spiro atoms. The Kier molecular flexibility index (Phi) is 3.41. The number of carbonyl (C=O) groups excluding carboxylic acids is 1. The number of rotatable bonds is 4. The van der Waals surface area contributed by atoms with E-state index < -0.39 is 0 Å². The molecule has 0 N–H and O–H groups in total. The van der Waals surface area contributed by atoms with Gasteiger partial charge in [-0.15, -0.1) is 0 Å². The molecule has 118 valence electrons. The van der Waals surface area contributed by atoms with Crippen LogP contribution in [0.4, 0.5) is 0 Å². The molecule has 0 atom stereocenters. The van der Waals surface area contributed by atoms with E-state index >= 15 is 0 Å². The number of ether oxygens (including phenoxy) is 1. The van der Waals surface area contributed by atoms with Crippen molar-refractivity contribution in [3.05, 3.63) is 34.8 Å². The Labute approximate surface area is 138 Å². The van der Waals surface area contributed by atoms with Crippen molar-refractivity contribution in [2.45, 2.75) is 25.7 Å². The molecule has 0 saturated heterocycles. The number of hydrogen-bond donors (Lipinski definition) is 0. The molecule has 1 saturated carbocycles. The average molecular weight is 327 g/mol. The summed E-state index contributed by atoms with van der Waals surface area (Å²) in [4.78, 5) is 12.9. The minimum Gasteiger partial charge on any atom is -0.462 e. The molecule has 1 aliphatic rings. The normalized spacial score (nSPS) is 14.3. The summed E-state index contributed by atoms with van der Waals surface area (Å²) in [6.07, 6.45) is 4.08. The first-order chi connectivity index (χ1) is 11.2. The van der Waals surface area contributed by atoms with Crippen LogP contribution < -0.4 is 0 Å². The summed E-state index contributed by atoms with van der Waals surface area (Å²) >= 11 is 1.25. The van der Waals surface area contributed by atoms with Crippen LogP contribution in [0.25, 0.3) is 22.2 Å². The number of hydrogen-bond acceptors (Lipinski definition) is 5. The smallest absolute Gasteiger partial charge is 0.350 e. The summed E-state index contributed by atoms with van der Waals surface area (Å²) in [6, 6.07) is 6.11. The van der Waals surface area contributed by atoms with Crippen LogP contribution in [0.15, 0.2) is 24.4 Å². The van der Waals surface area contributed by atoms with Crippen molar-refractivity contribution in [3.63, 3.8) is 0 Å². The zero-order valence-corrected chi connectivity index (χ0v) is 13.9. The Morgan fingerprint density at radius 1 is 1.43 bits per heavy atom. The van der Waals surface area contributed by atoms with E-state index in [0.29, 0.717) is 17.4 Å². The minimum absolute atomic E-state index is 0.254. The molecule has 2 aromatic heterocycles. The van der Waals surface area contributed by atoms with Crippen molar-refractivity contribution >= 4 is 28.4 Å². The van der Waals surface area contributed by atoms with Crippen molar-refractivity contribution in [1.82, 2.24) is 14.2 Å². The molecule has 0 aliphatic heterocycles. The maximum absolute atomic E-state index is 12.3. The molecule has 1 fully saturated rings. The number of para-hydroxylation sites is 1. The molecule has 4 rings (SSSR count). The molecule has 6 heteroatoms. The lowest BCUT2D eigenvalue weighted by molar-refractivity contribution is 0.0531. The van der Waals surface area contributed by atoms with Crippen molar-refractivity contribution in [1.29, 1.82) is 0 Å². The van der Waals surface area contributed by atoms with Crippen molar-refractivity contribution in [2.75, 3.05) is 6.61 Å². The Hall–Kier alpha value is -2.21. The molecule has 5 nitrogen and oxygen atoms in total. The van der Waals surface area contributed by atoms with Gasteiger partial charge in [0.15, 0.2) is 0 Å². The predicted octanol–water partition coefficient (Wildman–Crippen LogP) is 3.75. The highest BCUT2D eigenvalue weighted by atomic mass is 32.1. The van der Waals surface area contributed by atoms with E-state index in [9.17, 15) is 4.79 Å². The van der Waals surface area contributed by atoms with Crippen LogP contribution in [0, 0.1) is 0 Å². The Morgan fingerprint density at radius 2 is 2.26 bits per heavy atom. The third-order valence-electron chi connectivity index (χ3n) is 4.19. The standard InChI is InChI=1S/C17H17N3O2S/c1-3-22-17(21)16-13(10-7-8-10)14(19-23-16)12-6-4-5-11-9-18-20(2)15(11)12/h4-6,9-10H,3,7-8H2,1-2H3. The summed E-state index contributed by atoms with van der Waals surface area (Å²) in [5, 5.41) is 5.43. The summed E-state index contributed by atoms with van der Waals surface area (Å²) in [5.41, 5.74) is 4.06. The number of carbonyl (C=O) groups is 1. The van der Waals surface area contributed by atoms with Crippen LogP contribution in [-0.2, 0) is 11.8 Å². The molecule has 1 aromatic carbocycles. The Balaban J connectivity index is 1.92. The summed E-state index contributed by atoms with van der Waals surface area (Å²) < 4.78 is 11.7. The van der Waals surface area contributed by atoms with Crippen LogP contribution in [0.3, 0.4) is 0 Å². The molecular formula is C17H17N3O2S. The molecule has 2 heterocycles. The zero-order chi connectivity index (χ0) is 16.0. The molecular weight excluding hydrogens is 310 g/mol. The Morgan fingerprint density at radius 3 is 3.00 bits per heavy atom. The monoisotopic (exact) mass is 327 g/mol. The van der Waals surface area contributed by atoms with Gasteiger partial charge in [-0.3, -0.25) is 4.68 Å². The third-order valence-corrected chi connectivity index (χ3v) is 5.03. The summed E-state index contributed by atoms with van der Waals surface area (Å²) in [6.45, 7) is 2.21. The van der Waals surface area contributed by atoms with Gasteiger partial charge in [-0.05, 0) is 37.2 Å². The topological polar surface area (TPSA) is 57.0 Å². The quantitative estimate of drug-likeness (QED) is 0.685. The van der Waals surface area contributed by atoms with Gasteiger partial charge in [-0.25, -0.2) is 4.79 Å². The van der Waals surface area contributed by atoms with Crippen molar-refractivity contribution in [2.24, 2.45) is 7.05 Å². The van der Waals surface area contributed by atoms with Gasteiger partial charge in [-0.2, -0.15) is 9.47 Å². The van der Waals surface area contributed by atoms with E-state index in [-0.39, 0.29) is 5.97 Å². The van der Waals surface area contributed by atoms with Gasteiger partial charge in [-0.1, -0.05) is 18.2 Å². The number of benzene rings is 1. The van der Waals surface area contributed by atoms with Crippen LogP contribution in [-0.4, -0.2) is 26.7 Å². The maximum Gasteiger partial charge on any atom is 0.350 e. The second-order valence-corrected chi connectivity index (χ2v) is 6.55. The van der Waals surface area contributed by atoms with E-state index in [0.717, 1.165) is 40.6 Å². The number of esters is 1. The first kappa shape index (κ1) is 14.4. The second-order valence-electron chi connectivity index (χ2n) is 5.78. The summed E-state index contributed by atoms with van der Waals surface area (Å²) in [7, 11) is 1.93. The van der Waals surface area contributed by atoms with Crippen LogP contribution in [0.5, 0.6) is 0 Å². The molecule has 0 radical (unpaired) electrons. The fourth-order valence-corrected chi connectivity index (χ4v) is 3.88. The van der Waals surface area contributed by atoms with Gasteiger partial charge in [0.2, 0.25) is 0 Å². The van der Waals surface area contributed by atoms with Gasteiger partial charge in [0, 0.05) is 23.6 Å². The largest absolute Gasteiger partial charge is 0.462 e. The Bertz CT molecular complexity index is 893. The first-order valence-electron chi connectivity index (χ1n) is 7.78. The number of fused-ring (bicyclic) bond motifs is 1. The third kappa shape index (κ3) is 2.34. The first-order valence-corrected chi connectivity index (χ1v) is 8.55.